The van der Waals surface area contributed by atoms with Crippen molar-refractivity contribution >= 4 is 0 Å². The zero-order valence-corrected chi connectivity index (χ0v) is 19.3. The highest BCUT2D eigenvalue weighted by atomic mass is 16.7. The topological polar surface area (TPSA) is 60.4 Å². The molecule has 0 amide bonds. The van der Waals surface area contributed by atoms with E-state index < -0.39 is 6.10 Å². The van der Waals surface area contributed by atoms with Gasteiger partial charge >= 0.3 is 0 Å². The molecule has 2 unspecified atom stereocenters. The number of nitrogens with zero attached hydrogens (tertiary/aromatic N) is 1. The number of aryl methyl sites for hydroxylation is 1. The van der Waals surface area contributed by atoms with E-state index in [1.165, 1.54) is 11.1 Å². The maximum Gasteiger partial charge on any atom is 0.231 e. The highest BCUT2D eigenvalue weighted by Gasteiger charge is 2.28. The molecule has 0 spiro atoms. The quantitative estimate of drug-likeness (QED) is 0.582. The molecule has 6 heteroatoms. The molecule has 2 aromatic rings. The minimum absolute atomic E-state index is 0.118. The SMILES string of the molecule is COc1ccc(CCC(O)CC(C)c2c(CCN(C)C)cc3c(c2OC)OCO3)cc1. The van der Waals surface area contributed by atoms with Gasteiger partial charge < -0.3 is 29.0 Å². The number of hydrogen-bond donors (Lipinski definition) is 1. The van der Waals surface area contributed by atoms with Gasteiger partial charge in [-0.05, 0) is 75.0 Å². The van der Waals surface area contributed by atoms with Gasteiger partial charge in [0, 0.05) is 12.1 Å². The Hall–Kier alpha value is -2.44. The first kappa shape index (κ1) is 23.2. The van der Waals surface area contributed by atoms with Crippen molar-refractivity contribution in [1.82, 2.24) is 4.90 Å². The molecule has 0 radical (unpaired) electrons. The Bertz CT molecular complexity index is 850. The molecule has 0 bridgehead atoms. The van der Waals surface area contributed by atoms with E-state index in [1.807, 2.05) is 12.1 Å². The molecule has 0 saturated carbocycles. The highest BCUT2D eigenvalue weighted by molar-refractivity contribution is 5.61. The van der Waals surface area contributed by atoms with Gasteiger partial charge in [-0.15, -0.1) is 0 Å². The number of rotatable bonds is 11. The van der Waals surface area contributed by atoms with Gasteiger partial charge in [-0.2, -0.15) is 0 Å². The van der Waals surface area contributed by atoms with Crippen LogP contribution in [0, 0.1) is 0 Å². The van der Waals surface area contributed by atoms with Gasteiger partial charge in [0.05, 0.1) is 20.3 Å². The molecule has 31 heavy (non-hydrogen) atoms. The number of fused-ring (bicyclic) bond motifs is 1. The third kappa shape index (κ3) is 5.83. The number of ether oxygens (including phenoxy) is 4. The molecule has 0 fully saturated rings. The Morgan fingerprint density at radius 3 is 2.45 bits per heavy atom. The fourth-order valence-corrected chi connectivity index (χ4v) is 4.14. The normalized spacial score (nSPS) is 14.5. The van der Waals surface area contributed by atoms with E-state index in [9.17, 15) is 5.11 Å². The van der Waals surface area contributed by atoms with Crippen molar-refractivity contribution in [3.63, 3.8) is 0 Å². The van der Waals surface area contributed by atoms with Gasteiger partial charge in [-0.25, -0.2) is 0 Å². The molecule has 170 valence electrons. The van der Waals surface area contributed by atoms with Crippen molar-refractivity contribution in [3.8, 4) is 23.0 Å². The second kappa shape index (κ2) is 10.7. The third-order valence-corrected chi connectivity index (χ3v) is 5.82. The van der Waals surface area contributed by atoms with Gasteiger partial charge in [-0.1, -0.05) is 19.1 Å². The van der Waals surface area contributed by atoms with Crippen molar-refractivity contribution in [1.29, 1.82) is 0 Å². The molecular weight excluding hydrogens is 394 g/mol. The molecule has 0 aromatic heterocycles. The molecule has 1 aliphatic heterocycles. The minimum Gasteiger partial charge on any atom is -0.497 e. The maximum atomic E-state index is 10.8. The first-order chi connectivity index (χ1) is 14.9. The number of methoxy groups -OCH3 is 2. The monoisotopic (exact) mass is 429 g/mol. The average molecular weight is 430 g/mol. The lowest BCUT2D eigenvalue weighted by molar-refractivity contribution is 0.147. The van der Waals surface area contributed by atoms with Crippen LogP contribution < -0.4 is 18.9 Å². The van der Waals surface area contributed by atoms with Crippen LogP contribution in [0.25, 0.3) is 0 Å². The predicted molar refractivity (Wildman–Crippen MR) is 122 cm³/mol. The Balaban J connectivity index is 1.73. The van der Waals surface area contributed by atoms with Crippen LogP contribution in [0.3, 0.4) is 0 Å². The first-order valence-corrected chi connectivity index (χ1v) is 10.9. The van der Waals surface area contributed by atoms with Gasteiger partial charge in [-0.3, -0.25) is 0 Å². The van der Waals surface area contributed by atoms with Crippen LogP contribution >= 0.6 is 0 Å². The van der Waals surface area contributed by atoms with Crippen molar-refractivity contribution in [2.24, 2.45) is 0 Å². The standard InChI is InChI=1S/C25H35NO5/c1-17(14-20(27)9-6-18-7-10-21(28-4)11-8-18)23-19(12-13-26(2)3)15-22-24(25(23)29-5)31-16-30-22/h7-8,10-11,15,17,20,27H,6,9,12-14,16H2,1-5H3. The molecule has 2 atom stereocenters. The Labute approximate surface area is 185 Å². The summed E-state index contributed by atoms with van der Waals surface area (Å²) in [6.07, 6.45) is 2.65. The average Bonchev–Trinajstić information content (AvgIpc) is 3.23. The third-order valence-electron chi connectivity index (χ3n) is 5.82. The van der Waals surface area contributed by atoms with Crippen LogP contribution in [-0.4, -0.2) is 57.8 Å². The van der Waals surface area contributed by atoms with Crippen molar-refractivity contribution in [2.45, 2.75) is 44.6 Å². The summed E-state index contributed by atoms with van der Waals surface area (Å²) in [5, 5.41) is 10.8. The Morgan fingerprint density at radius 2 is 1.81 bits per heavy atom. The van der Waals surface area contributed by atoms with Gasteiger partial charge in [0.2, 0.25) is 12.5 Å². The maximum absolute atomic E-state index is 10.8. The molecule has 6 nitrogen and oxygen atoms in total. The second-order valence-electron chi connectivity index (χ2n) is 8.45. The zero-order valence-electron chi connectivity index (χ0n) is 19.3. The summed E-state index contributed by atoms with van der Waals surface area (Å²) in [4.78, 5) is 2.16. The van der Waals surface area contributed by atoms with Crippen LogP contribution in [0.15, 0.2) is 30.3 Å². The number of hydrogen-bond acceptors (Lipinski definition) is 6. The van der Waals surface area contributed by atoms with E-state index in [0.29, 0.717) is 18.6 Å². The Kier molecular flexibility index (Phi) is 8.04. The summed E-state index contributed by atoms with van der Waals surface area (Å²) in [7, 11) is 7.47. The highest BCUT2D eigenvalue weighted by Crippen LogP contribution is 2.48. The van der Waals surface area contributed by atoms with E-state index in [4.69, 9.17) is 18.9 Å². The fraction of sp³-hybridized carbons (Fsp3) is 0.520. The summed E-state index contributed by atoms with van der Waals surface area (Å²) in [5.74, 6) is 3.11. The van der Waals surface area contributed by atoms with E-state index in [-0.39, 0.29) is 12.7 Å². The molecule has 1 N–H and O–H groups in total. The van der Waals surface area contributed by atoms with E-state index in [2.05, 4.69) is 44.1 Å². The summed E-state index contributed by atoms with van der Waals surface area (Å²) in [5.41, 5.74) is 3.49. The van der Waals surface area contributed by atoms with Crippen LogP contribution in [0.4, 0.5) is 0 Å². The summed E-state index contributed by atoms with van der Waals surface area (Å²) < 4.78 is 22.3. The lowest BCUT2D eigenvalue weighted by atomic mass is 9.87. The van der Waals surface area contributed by atoms with Crippen LogP contribution in [0.2, 0.25) is 0 Å². The van der Waals surface area contributed by atoms with Crippen LogP contribution in [0.5, 0.6) is 23.0 Å². The molecule has 2 aromatic carbocycles. The molecule has 3 rings (SSSR count). The number of aliphatic hydroxyl groups excluding tert-OH is 1. The van der Waals surface area contributed by atoms with Crippen molar-refractivity contribution < 1.29 is 24.1 Å². The number of benzene rings is 2. The van der Waals surface area contributed by atoms with Crippen molar-refractivity contribution in [3.05, 3.63) is 47.0 Å². The van der Waals surface area contributed by atoms with Crippen molar-refractivity contribution in [2.75, 3.05) is 41.7 Å². The van der Waals surface area contributed by atoms with Crippen LogP contribution in [-0.2, 0) is 12.8 Å². The molecule has 1 heterocycles. The van der Waals surface area contributed by atoms with Crippen LogP contribution in [0.1, 0.15) is 42.4 Å². The lowest BCUT2D eigenvalue weighted by Gasteiger charge is -2.24. The predicted octanol–water partition coefficient (Wildman–Crippen LogP) is 4.02. The minimum atomic E-state index is -0.408. The van der Waals surface area contributed by atoms with E-state index >= 15 is 0 Å². The molecule has 1 aliphatic rings. The van der Waals surface area contributed by atoms with Gasteiger partial charge in [0.15, 0.2) is 11.5 Å². The number of likely N-dealkylation sites (N-methyl/N-ethyl adjacent to an activating group) is 1. The Morgan fingerprint density at radius 1 is 1.06 bits per heavy atom. The molecule has 0 aliphatic carbocycles. The zero-order chi connectivity index (χ0) is 22.4. The number of aliphatic hydroxyl groups is 1. The fourth-order valence-electron chi connectivity index (χ4n) is 4.14. The van der Waals surface area contributed by atoms with Gasteiger partial charge in [0.25, 0.3) is 0 Å². The summed E-state index contributed by atoms with van der Waals surface area (Å²) in [6.45, 7) is 3.28. The largest absolute Gasteiger partial charge is 0.497 e. The second-order valence-corrected chi connectivity index (χ2v) is 8.45. The molecule has 0 saturated heterocycles. The van der Waals surface area contributed by atoms with E-state index in [0.717, 1.165) is 42.2 Å². The first-order valence-electron chi connectivity index (χ1n) is 10.9. The molecular formula is C25H35NO5. The van der Waals surface area contributed by atoms with Gasteiger partial charge in [0.1, 0.15) is 5.75 Å². The summed E-state index contributed by atoms with van der Waals surface area (Å²) >= 11 is 0. The van der Waals surface area contributed by atoms with E-state index in [1.54, 1.807) is 14.2 Å². The summed E-state index contributed by atoms with van der Waals surface area (Å²) in [6, 6.07) is 10.1. The smallest absolute Gasteiger partial charge is 0.231 e. The lowest BCUT2D eigenvalue weighted by Crippen LogP contribution is -2.18.